The molecule has 1 saturated heterocycles. The first-order chi connectivity index (χ1) is 9.01. The summed E-state index contributed by atoms with van der Waals surface area (Å²) in [5.41, 5.74) is -1.68. The zero-order chi connectivity index (χ0) is 15.6. The van der Waals surface area contributed by atoms with Gasteiger partial charge in [0.15, 0.2) is 0 Å². The quantitative estimate of drug-likeness (QED) is 0.547. The highest BCUT2D eigenvalue weighted by Crippen LogP contribution is 2.39. The summed E-state index contributed by atoms with van der Waals surface area (Å²) in [6, 6.07) is 0. The lowest BCUT2D eigenvalue weighted by Crippen LogP contribution is -2.41. The van der Waals surface area contributed by atoms with Gasteiger partial charge in [0.1, 0.15) is 5.73 Å². The Morgan fingerprint density at radius 1 is 1.20 bits per heavy atom. The number of rotatable bonds is 6. The second-order valence-electron chi connectivity index (χ2n) is 7.05. The lowest BCUT2D eigenvalue weighted by Gasteiger charge is -2.32. The lowest BCUT2D eigenvalue weighted by molar-refractivity contribution is 0.00578. The van der Waals surface area contributed by atoms with Gasteiger partial charge in [-0.3, -0.25) is 0 Å². The van der Waals surface area contributed by atoms with Crippen molar-refractivity contribution in [2.24, 2.45) is 5.41 Å². The molecule has 1 aliphatic heterocycles. The largest absolute Gasteiger partial charge is 0.524 e. The van der Waals surface area contributed by atoms with E-state index in [1.165, 1.54) is 0 Å². The van der Waals surface area contributed by atoms with Crippen molar-refractivity contribution in [2.75, 3.05) is 13.2 Å². The molecule has 0 spiro atoms. The van der Waals surface area contributed by atoms with E-state index in [0.29, 0.717) is 13.2 Å². The average molecular weight is 286 g/mol. The summed E-state index contributed by atoms with van der Waals surface area (Å²) >= 11 is 0. The van der Waals surface area contributed by atoms with E-state index < -0.39 is 18.3 Å². The molecule has 0 aromatic carbocycles. The molecule has 0 bridgehead atoms. The number of allylic oxidation sites excluding steroid dienone is 1. The van der Waals surface area contributed by atoms with Gasteiger partial charge in [0, 0.05) is 13.2 Å². The van der Waals surface area contributed by atoms with Gasteiger partial charge >= 0.3 is 7.12 Å². The van der Waals surface area contributed by atoms with Crippen LogP contribution in [0.3, 0.4) is 0 Å². The number of ether oxygens (including phenoxy) is 1. The SMILES string of the molecule is CCOCCC(C)(C)C=C(F)B1OC(C)(C)C(C)(C)O1. The lowest BCUT2D eigenvalue weighted by atomic mass is 9.80. The second kappa shape index (κ2) is 6.16. The molecule has 0 unspecified atom stereocenters. The van der Waals surface area contributed by atoms with Crippen molar-refractivity contribution in [1.29, 1.82) is 0 Å². The summed E-state index contributed by atoms with van der Waals surface area (Å²) in [7, 11) is -0.911. The van der Waals surface area contributed by atoms with Gasteiger partial charge in [-0.05, 0) is 46.5 Å². The van der Waals surface area contributed by atoms with Crippen LogP contribution in [0, 0.1) is 5.41 Å². The van der Waals surface area contributed by atoms with Gasteiger partial charge in [-0.1, -0.05) is 19.9 Å². The Kier molecular flexibility index (Phi) is 5.44. The van der Waals surface area contributed by atoms with Gasteiger partial charge in [0.05, 0.1) is 11.2 Å². The fourth-order valence-corrected chi connectivity index (χ4v) is 1.95. The summed E-state index contributed by atoms with van der Waals surface area (Å²) in [5, 5.41) is 0. The molecule has 0 aliphatic carbocycles. The Labute approximate surface area is 123 Å². The van der Waals surface area contributed by atoms with Crippen molar-refractivity contribution in [1.82, 2.24) is 0 Å². The van der Waals surface area contributed by atoms with Crippen LogP contribution in [-0.4, -0.2) is 31.5 Å². The number of hydrogen-bond donors (Lipinski definition) is 0. The summed E-state index contributed by atoms with van der Waals surface area (Å²) in [6.07, 6.45) is 2.35. The van der Waals surface area contributed by atoms with Gasteiger partial charge in [0.2, 0.25) is 0 Å². The van der Waals surface area contributed by atoms with Crippen molar-refractivity contribution < 1.29 is 18.4 Å². The summed E-state index contributed by atoms with van der Waals surface area (Å²) < 4.78 is 31.1. The molecule has 3 nitrogen and oxygen atoms in total. The molecule has 0 amide bonds. The Morgan fingerprint density at radius 2 is 1.70 bits per heavy atom. The molecule has 0 radical (unpaired) electrons. The Morgan fingerprint density at radius 3 is 2.15 bits per heavy atom. The van der Waals surface area contributed by atoms with Crippen LogP contribution in [0.5, 0.6) is 0 Å². The Balaban J connectivity index is 2.70. The minimum atomic E-state index is -0.911. The van der Waals surface area contributed by atoms with E-state index >= 15 is 0 Å². The molecule has 1 fully saturated rings. The standard InChI is InChI=1S/C15H28BFO3/c1-8-18-10-9-13(2,3)11-12(17)16-19-14(4,5)15(6,7)20-16/h11H,8-10H2,1-7H3. The van der Waals surface area contributed by atoms with Crippen LogP contribution in [0.25, 0.3) is 0 Å². The monoisotopic (exact) mass is 286 g/mol. The number of hydrogen-bond acceptors (Lipinski definition) is 3. The van der Waals surface area contributed by atoms with E-state index in [0.717, 1.165) is 6.42 Å². The fourth-order valence-electron chi connectivity index (χ4n) is 1.95. The zero-order valence-electron chi connectivity index (χ0n) is 13.9. The number of halogens is 1. The van der Waals surface area contributed by atoms with Crippen molar-refractivity contribution >= 4 is 7.12 Å². The van der Waals surface area contributed by atoms with Gasteiger partial charge in [-0.15, -0.1) is 0 Å². The molecule has 0 N–H and O–H groups in total. The van der Waals surface area contributed by atoms with E-state index in [1.807, 2.05) is 48.5 Å². The molecule has 1 aliphatic rings. The third kappa shape index (κ3) is 4.30. The van der Waals surface area contributed by atoms with Crippen molar-refractivity contribution in [3.63, 3.8) is 0 Å². The van der Waals surface area contributed by atoms with Crippen LogP contribution in [0.15, 0.2) is 11.8 Å². The Bertz CT molecular complexity index is 348. The molecule has 0 atom stereocenters. The van der Waals surface area contributed by atoms with Gasteiger partial charge in [-0.2, -0.15) is 0 Å². The highest BCUT2D eigenvalue weighted by molar-refractivity contribution is 6.53. The molecule has 0 saturated carbocycles. The average Bonchev–Trinajstić information content (AvgIpc) is 2.48. The van der Waals surface area contributed by atoms with Crippen molar-refractivity contribution in [3.05, 3.63) is 11.8 Å². The molecule has 1 heterocycles. The summed E-state index contributed by atoms with van der Waals surface area (Å²) in [4.78, 5) is 0. The van der Waals surface area contributed by atoms with Crippen LogP contribution in [0.1, 0.15) is 54.9 Å². The molecule has 1 rings (SSSR count). The topological polar surface area (TPSA) is 27.7 Å². The maximum atomic E-state index is 14.4. The first-order valence-electron chi connectivity index (χ1n) is 7.32. The summed E-state index contributed by atoms with van der Waals surface area (Å²) in [5.74, 6) is 0. The maximum absolute atomic E-state index is 14.4. The maximum Gasteiger partial charge on any atom is 0.524 e. The second-order valence-corrected chi connectivity index (χ2v) is 7.05. The molecule has 0 aromatic rings. The van der Waals surface area contributed by atoms with Crippen LogP contribution in [0.2, 0.25) is 0 Å². The summed E-state index contributed by atoms with van der Waals surface area (Å²) in [6.45, 7) is 14.9. The molecule has 5 heteroatoms. The molecule has 116 valence electrons. The highest BCUT2D eigenvalue weighted by atomic mass is 19.1. The van der Waals surface area contributed by atoms with E-state index in [2.05, 4.69) is 0 Å². The minimum Gasteiger partial charge on any atom is -0.398 e. The highest BCUT2D eigenvalue weighted by Gasteiger charge is 2.53. The van der Waals surface area contributed by atoms with Gasteiger partial charge in [0.25, 0.3) is 0 Å². The molecular weight excluding hydrogens is 258 g/mol. The minimum absolute atomic E-state index is 0.289. The molecular formula is C15H28BFO3. The van der Waals surface area contributed by atoms with Crippen LogP contribution in [0.4, 0.5) is 4.39 Å². The normalized spacial score (nSPS) is 22.4. The molecule has 0 aromatic heterocycles. The van der Waals surface area contributed by atoms with Gasteiger partial charge < -0.3 is 14.0 Å². The van der Waals surface area contributed by atoms with E-state index in [1.54, 1.807) is 6.08 Å². The third-order valence-electron chi connectivity index (χ3n) is 4.10. The predicted octanol–water partition coefficient (Wildman–Crippen LogP) is 3.92. The van der Waals surface area contributed by atoms with Crippen molar-refractivity contribution in [2.45, 2.75) is 66.1 Å². The van der Waals surface area contributed by atoms with E-state index in [9.17, 15) is 4.39 Å². The first-order valence-corrected chi connectivity index (χ1v) is 7.32. The first kappa shape index (κ1) is 17.7. The third-order valence-corrected chi connectivity index (χ3v) is 4.10. The zero-order valence-corrected chi connectivity index (χ0v) is 13.9. The van der Waals surface area contributed by atoms with Crippen LogP contribution >= 0.6 is 0 Å². The predicted molar refractivity (Wildman–Crippen MR) is 80.2 cm³/mol. The fraction of sp³-hybridized carbons (Fsp3) is 0.867. The smallest absolute Gasteiger partial charge is 0.398 e. The molecule has 20 heavy (non-hydrogen) atoms. The van der Waals surface area contributed by atoms with Gasteiger partial charge in [-0.25, -0.2) is 4.39 Å². The van der Waals surface area contributed by atoms with E-state index in [-0.39, 0.29) is 11.1 Å². The van der Waals surface area contributed by atoms with Crippen LogP contribution in [-0.2, 0) is 14.0 Å². The van der Waals surface area contributed by atoms with Crippen molar-refractivity contribution in [3.8, 4) is 0 Å². The van der Waals surface area contributed by atoms with E-state index in [4.69, 9.17) is 14.0 Å². The Hall–Kier alpha value is -0.385. The van der Waals surface area contributed by atoms with Crippen LogP contribution < -0.4 is 0 Å².